The van der Waals surface area contributed by atoms with Gasteiger partial charge in [0.25, 0.3) is 0 Å². The second-order valence-corrected chi connectivity index (χ2v) is 5.88. The van der Waals surface area contributed by atoms with E-state index in [1.165, 1.54) is 25.7 Å². The third-order valence-electron chi connectivity index (χ3n) is 3.46. The summed E-state index contributed by atoms with van der Waals surface area (Å²) in [6.45, 7) is 10.3. The molecule has 1 atom stereocenters. The van der Waals surface area contributed by atoms with Gasteiger partial charge < -0.3 is 5.11 Å². The molecule has 1 aliphatic heterocycles. The van der Waals surface area contributed by atoms with Crippen LogP contribution in [0.25, 0.3) is 0 Å². The molecule has 0 aromatic carbocycles. The van der Waals surface area contributed by atoms with E-state index in [0.29, 0.717) is 0 Å². The molecule has 2 heteroatoms. The SMILES string of the molecule is CCCCC(C)(C#CC(C)(C)O)N1CCCC1. The Morgan fingerprint density at radius 3 is 2.18 bits per heavy atom. The molecule has 2 nitrogen and oxygen atoms in total. The molecule has 1 rings (SSSR count). The quantitative estimate of drug-likeness (QED) is 0.760. The van der Waals surface area contributed by atoms with E-state index in [4.69, 9.17) is 0 Å². The molecule has 1 N–H and O–H groups in total. The third kappa shape index (κ3) is 4.69. The first-order valence-corrected chi connectivity index (χ1v) is 6.89. The molecule has 0 amide bonds. The number of hydrogen-bond donors (Lipinski definition) is 1. The maximum atomic E-state index is 9.76. The molecule has 1 heterocycles. The lowest BCUT2D eigenvalue weighted by Gasteiger charge is -2.34. The number of likely N-dealkylation sites (tertiary alicyclic amines) is 1. The lowest BCUT2D eigenvalue weighted by atomic mass is 9.92. The summed E-state index contributed by atoms with van der Waals surface area (Å²) in [6.07, 6.45) is 6.07. The van der Waals surface area contributed by atoms with Crippen molar-refractivity contribution in [2.45, 2.75) is 70.9 Å². The molecule has 0 spiro atoms. The Kier molecular flexibility index (Phi) is 5.04. The standard InChI is InChI=1S/C15H27NO/c1-5-6-9-15(4,11-10-14(2,3)17)16-12-7-8-13-16/h17H,5-9,12-13H2,1-4H3. The van der Waals surface area contributed by atoms with Gasteiger partial charge >= 0.3 is 0 Å². The third-order valence-corrected chi connectivity index (χ3v) is 3.46. The summed E-state index contributed by atoms with van der Waals surface area (Å²) in [5.74, 6) is 6.35. The number of hydrogen-bond acceptors (Lipinski definition) is 2. The summed E-state index contributed by atoms with van der Waals surface area (Å²) in [4.78, 5) is 2.49. The van der Waals surface area contributed by atoms with Crippen LogP contribution in [0.2, 0.25) is 0 Å². The van der Waals surface area contributed by atoms with E-state index in [-0.39, 0.29) is 5.54 Å². The number of nitrogens with zero attached hydrogens (tertiary/aromatic N) is 1. The zero-order valence-corrected chi connectivity index (χ0v) is 11.8. The number of aliphatic hydroxyl groups is 1. The van der Waals surface area contributed by atoms with Gasteiger partial charge in [-0.1, -0.05) is 31.6 Å². The Hall–Kier alpha value is -0.520. The van der Waals surface area contributed by atoms with Gasteiger partial charge in [-0.2, -0.15) is 0 Å². The fourth-order valence-corrected chi connectivity index (χ4v) is 2.32. The molecule has 98 valence electrons. The van der Waals surface area contributed by atoms with E-state index in [9.17, 15) is 5.11 Å². The molecule has 0 radical (unpaired) electrons. The van der Waals surface area contributed by atoms with Gasteiger partial charge in [-0.05, 0) is 53.1 Å². The Morgan fingerprint density at radius 2 is 1.71 bits per heavy atom. The molecule has 0 saturated carbocycles. The van der Waals surface area contributed by atoms with Crippen molar-refractivity contribution in [2.24, 2.45) is 0 Å². The first-order valence-electron chi connectivity index (χ1n) is 6.89. The normalized spacial score (nSPS) is 20.8. The average molecular weight is 237 g/mol. The topological polar surface area (TPSA) is 23.5 Å². The minimum absolute atomic E-state index is 0.0491. The second-order valence-electron chi connectivity index (χ2n) is 5.88. The van der Waals surface area contributed by atoms with Crippen molar-refractivity contribution in [3.63, 3.8) is 0 Å². The highest BCUT2D eigenvalue weighted by atomic mass is 16.3. The largest absolute Gasteiger partial charge is 0.378 e. The molecule has 0 bridgehead atoms. The van der Waals surface area contributed by atoms with Gasteiger partial charge in [-0.15, -0.1) is 0 Å². The monoisotopic (exact) mass is 237 g/mol. The molecule has 1 saturated heterocycles. The first kappa shape index (κ1) is 14.5. The molecule has 0 aromatic heterocycles. The van der Waals surface area contributed by atoms with Crippen molar-refractivity contribution in [1.29, 1.82) is 0 Å². The van der Waals surface area contributed by atoms with Crippen LogP contribution < -0.4 is 0 Å². The van der Waals surface area contributed by atoms with Gasteiger partial charge in [0.15, 0.2) is 0 Å². The van der Waals surface area contributed by atoms with Crippen LogP contribution >= 0.6 is 0 Å². The minimum Gasteiger partial charge on any atom is -0.378 e. The summed E-state index contributed by atoms with van der Waals surface area (Å²) in [5.41, 5.74) is -0.931. The van der Waals surface area contributed by atoms with Gasteiger partial charge in [-0.25, -0.2) is 0 Å². The zero-order valence-electron chi connectivity index (χ0n) is 11.8. The van der Waals surface area contributed by atoms with Crippen molar-refractivity contribution >= 4 is 0 Å². The van der Waals surface area contributed by atoms with Crippen LogP contribution in [0.5, 0.6) is 0 Å². The average Bonchev–Trinajstić information content (AvgIpc) is 2.76. The second kappa shape index (κ2) is 5.89. The predicted molar refractivity (Wildman–Crippen MR) is 72.8 cm³/mol. The van der Waals surface area contributed by atoms with Crippen molar-refractivity contribution in [2.75, 3.05) is 13.1 Å². The van der Waals surface area contributed by atoms with Gasteiger partial charge in [0.05, 0.1) is 5.54 Å². The van der Waals surface area contributed by atoms with E-state index in [1.54, 1.807) is 13.8 Å². The Labute approximate surface area is 106 Å². The van der Waals surface area contributed by atoms with Gasteiger partial charge in [-0.3, -0.25) is 4.90 Å². The Balaban J connectivity index is 2.79. The zero-order chi connectivity index (χ0) is 12.9. The molecule has 1 aliphatic rings. The van der Waals surface area contributed by atoms with Crippen LogP contribution in [0, 0.1) is 11.8 Å². The lowest BCUT2D eigenvalue weighted by Crippen LogP contribution is -2.43. The predicted octanol–water partition coefficient (Wildman–Crippen LogP) is 2.81. The highest BCUT2D eigenvalue weighted by Crippen LogP contribution is 2.26. The van der Waals surface area contributed by atoms with E-state index >= 15 is 0 Å². The van der Waals surface area contributed by atoms with Crippen LogP contribution in [0.15, 0.2) is 0 Å². The molecule has 17 heavy (non-hydrogen) atoms. The van der Waals surface area contributed by atoms with Crippen molar-refractivity contribution in [3.05, 3.63) is 0 Å². The number of unbranched alkanes of at least 4 members (excludes halogenated alkanes) is 1. The van der Waals surface area contributed by atoms with E-state index < -0.39 is 5.60 Å². The number of rotatable bonds is 4. The fraction of sp³-hybridized carbons (Fsp3) is 0.867. The van der Waals surface area contributed by atoms with Crippen LogP contribution in [0.3, 0.4) is 0 Å². The molecule has 0 aromatic rings. The maximum absolute atomic E-state index is 9.76. The Bertz CT molecular complexity index is 288. The summed E-state index contributed by atoms with van der Waals surface area (Å²) in [6, 6.07) is 0. The Morgan fingerprint density at radius 1 is 1.12 bits per heavy atom. The molecule has 0 aliphatic carbocycles. The minimum atomic E-state index is -0.882. The van der Waals surface area contributed by atoms with Crippen molar-refractivity contribution < 1.29 is 5.11 Å². The first-order chi connectivity index (χ1) is 7.87. The van der Waals surface area contributed by atoms with E-state index in [1.807, 2.05) is 0 Å². The summed E-state index contributed by atoms with van der Waals surface area (Å²) < 4.78 is 0. The van der Waals surface area contributed by atoms with E-state index in [0.717, 1.165) is 19.5 Å². The smallest absolute Gasteiger partial charge is 0.120 e. The van der Waals surface area contributed by atoms with Crippen LogP contribution in [-0.4, -0.2) is 34.2 Å². The molecule has 1 fully saturated rings. The fourth-order valence-electron chi connectivity index (χ4n) is 2.32. The molecular weight excluding hydrogens is 210 g/mol. The summed E-state index contributed by atoms with van der Waals surface area (Å²) in [5, 5.41) is 9.76. The molecule has 1 unspecified atom stereocenters. The van der Waals surface area contributed by atoms with Gasteiger partial charge in [0, 0.05) is 0 Å². The highest BCUT2D eigenvalue weighted by molar-refractivity contribution is 5.21. The van der Waals surface area contributed by atoms with Gasteiger partial charge in [0.2, 0.25) is 0 Å². The molecular formula is C15H27NO. The summed E-state index contributed by atoms with van der Waals surface area (Å²) in [7, 11) is 0. The van der Waals surface area contributed by atoms with Crippen LogP contribution in [-0.2, 0) is 0 Å². The summed E-state index contributed by atoms with van der Waals surface area (Å²) >= 11 is 0. The van der Waals surface area contributed by atoms with Crippen molar-refractivity contribution in [3.8, 4) is 11.8 Å². The lowest BCUT2D eigenvalue weighted by molar-refractivity contribution is 0.140. The van der Waals surface area contributed by atoms with Crippen LogP contribution in [0.4, 0.5) is 0 Å². The van der Waals surface area contributed by atoms with Gasteiger partial charge in [0.1, 0.15) is 5.60 Å². The van der Waals surface area contributed by atoms with E-state index in [2.05, 4.69) is 30.6 Å². The maximum Gasteiger partial charge on any atom is 0.120 e. The van der Waals surface area contributed by atoms with Crippen LogP contribution in [0.1, 0.15) is 59.8 Å². The van der Waals surface area contributed by atoms with Crippen molar-refractivity contribution in [1.82, 2.24) is 4.90 Å². The highest BCUT2D eigenvalue weighted by Gasteiger charge is 2.31.